The number of nitrogens with one attached hydrogen (secondary N) is 2. The summed E-state index contributed by atoms with van der Waals surface area (Å²) in [6.07, 6.45) is 2.23. The summed E-state index contributed by atoms with van der Waals surface area (Å²) in [7, 11) is 0. The van der Waals surface area contributed by atoms with Crippen LogP contribution in [0.2, 0.25) is 0 Å². The third kappa shape index (κ3) is 2.89. The summed E-state index contributed by atoms with van der Waals surface area (Å²) in [6, 6.07) is 10.6. The zero-order valence-corrected chi connectivity index (χ0v) is 11.1. The van der Waals surface area contributed by atoms with E-state index in [0.29, 0.717) is 11.9 Å². The molecule has 0 aliphatic carbocycles. The predicted molar refractivity (Wildman–Crippen MR) is 76.0 cm³/mol. The number of hydrogen-bond acceptors (Lipinski definition) is 3. The summed E-state index contributed by atoms with van der Waals surface area (Å²) in [4.78, 5) is 14.3. The maximum Gasteiger partial charge on any atom is 0.228 e. The lowest BCUT2D eigenvalue weighted by atomic mass is 9.98. The van der Waals surface area contributed by atoms with Crippen LogP contribution in [-0.2, 0) is 4.79 Å². The Kier molecular flexibility index (Phi) is 3.69. The van der Waals surface area contributed by atoms with Crippen molar-refractivity contribution in [3.63, 3.8) is 0 Å². The topological polar surface area (TPSA) is 44.4 Å². The summed E-state index contributed by atoms with van der Waals surface area (Å²) in [6.45, 7) is 3.46. The van der Waals surface area contributed by atoms with Gasteiger partial charge in [0.1, 0.15) is 0 Å². The second kappa shape index (κ2) is 5.61. The van der Waals surface area contributed by atoms with Crippen molar-refractivity contribution in [1.82, 2.24) is 10.2 Å². The summed E-state index contributed by atoms with van der Waals surface area (Å²) < 4.78 is 0. The van der Waals surface area contributed by atoms with Crippen molar-refractivity contribution in [3.8, 4) is 0 Å². The van der Waals surface area contributed by atoms with Gasteiger partial charge in [-0.3, -0.25) is 4.79 Å². The Morgan fingerprint density at radius 2 is 2.05 bits per heavy atom. The molecule has 19 heavy (non-hydrogen) atoms. The number of hydrogen-bond donors (Lipinski definition) is 2. The monoisotopic (exact) mass is 259 g/mol. The number of para-hydroxylation sites is 1. The minimum Gasteiger partial charge on any atom is -0.381 e. The molecule has 0 spiro atoms. The molecule has 0 saturated carbocycles. The average Bonchev–Trinajstić information content (AvgIpc) is 2.38. The fourth-order valence-corrected chi connectivity index (χ4v) is 2.79. The van der Waals surface area contributed by atoms with E-state index in [9.17, 15) is 4.79 Å². The molecule has 4 heteroatoms. The molecule has 1 amide bonds. The van der Waals surface area contributed by atoms with Gasteiger partial charge in [-0.1, -0.05) is 18.2 Å². The van der Waals surface area contributed by atoms with Gasteiger partial charge in [0.15, 0.2) is 0 Å². The summed E-state index contributed by atoms with van der Waals surface area (Å²) in [5.74, 6) is 0.550. The van der Waals surface area contributed by atoms with Crippen LogP contribution >= 0.6 is 0 Å². The van der Waals surface area contributed by atoms with Crippen molar-refractivity contribution in [2.45, 2.75) is 18.9 Å². The highest BCUT2D eigenvalue weighted by Crippen LogP contribution is 2.18. The molecular formula is C15H21N3O. The molecule has 0 radical (unpaired) electrons. The first-order chi connectivity index (χ1) is 9.33. The van der Waals surface area contributed by atoms with Crippen LogP contribution in [0.25, 0.3) is 0 Å². The lowest BCUT2D eigenvalue weighted by molar-refractivity contribution is -0.138. The highest BCUT2D eigenvalue weighted by molar-refractivity contribution is 5.80. The number of rotatable bonds is 3. The normalized spacial score (nSPS) is 23.8. The smallest absolute Gasteiger partial charge is 0.228 e. The number of carbonyl (C=O) groups excluding carboxylic acids is 1. The lowest BCUT2D eigenvalue weighted by Crippen LogP contribution is -2.55. The largest absolute Gasteiger partial charge is 0.381 e. The number of amides is 1. The van der Waals surface area contributed by atoms with E-state index in [1.54, 1.807) is 0 Å². The Balaban J connectivity index is 1.57. The molecule has 1 atom stereocenters. The summed E-state index contributed by atoms with van der Waals surface area (Å²) in [5.41, 5.74) is 1.15. The van der Waals surface area contributed by atoms with Crippen molar-refractivity contribution >= 4 is 11.6 Å². The molecule has 2 saturated heterocycles. The third-order valence-corrected chi connectivity index (χ3v) is 4.01. The molecule has 2 fully saturated rings. The van der Waals surface area contributed by atoms with Gasteiger partial charge < -0.3 is 15.5 Å². The first kappa shape index (κ1) is 12.5. The van der Waals surface area contributed by atoms with E-state index in [4.69, 9.17) is 0 Å². The standard InChI is InChI=1S/C15H21N3O/c19-15(12-9-16-10-12)18-8-4-7-14(11-18)17-13-5-2-1-3-6-13/h1-3,5-6,12,14,16-17H,4,7-11H2. The summed E-state index contributed by atoms with van der Waals surface area (Å²) in [5, 5.41) is 6.70. The Hall–Kier alpha value is -1.55. The molecule has 0 bridgehead atoms. The maximum atomic E-state index is 12.2. The molecule has 1 aromatic carbocycles. The second-order valence-electron chi connectivity index (χ2n) is 5.49. The molecule has 3 rings (SSSR count). The molecule has 102 valence electrons. The summed E-state index contributed by atoms with van der Waals surface area (Å²) >= 11 is 0. The molecule has 1 aromatic rings. The highest BCUT2D eigenvalue weighted by atomic mass is 16.2. The van der Waals surface area contributed by atoms with Crippen LogP contribution in [0.3, 0.4) is 0 Å². The zero-order valence-electron chi connectivity index (χ0n) is 11.1. The Morgan fingerprint density at radius 3 is 2.74 bits per heavy atom. The van der Waals surface area contributed by atoms with Crippen molar-refractivity contribution in [3.05, 3.63) is 30.3 Å². The van der Waals surface area contributed by atoms with Crippen LogP contribution in [0.5, 0.6) is 0 Å². The molecule has 2 aliphatic heterocycles. The number of likely N-dealkylation sites (tertiary alicyclic amines) is 1. The first-order valence-corrected chi connectivity index (χ1v) is 7.14. The van der Waals surface area contributed by atoms with Gasteiger partial charge in [0.05, 0.1) is 5.92 Å². The Labute approximate surface area is 114 Å². The van der Waals surface area contributed by atoms with E-state index in [2.05, 4.69) is 22.8 Å². The number of nitrogens with zero attached hydrogens (tertiary/aromatic N) is 1. The van der Waals surface area contributed by atoms with Crippen LogP contribution in [-0.4, -0.2) is 43.0 Å². The number of carbonyl (C=O) groups is 1. The van der Waals surface area contributed by atoms with Gasteiger partial charge >= 0.3 is 0 Å². The number of benzene rings is 1. The lowest BCUT2D eigenvalue weighted by Gasteiger charge is -2.38. The van der Waals surface area contributed by atoms with E-state index < -0.39 is 0 Å². The Morgan fingerprint density at radius 1 is 1.26 bits per heavy atom. The molecule has 2 heterocycles. The van der Waals surface area contributed by atoms with Crippen molar-refractivity contribution in [1.29, 1.82) is 0 Å². The SMILES string of the molecule is O=C(C1CNC1)N1CCCC(Nc2ccccc2)C1. The van der Waals surface area contributed by atoms with Gasteiger partial charge in [0.2, 0.25) is 5.91 Å². The van der Waals surface area contributed by atoms with Gasteiger partial charge in [-0.05, 0) is 25.0 Å². The van der Waals surface area contributed by atoms with Crippen LogP contribution < -0.4 is 10.6 Å². The maximum absolute atomic E-state index is 12.2. The molecular weight excluding hydrogens is 238 g/mol. The third-order valence-electron chi connectivity index (χ3n) is 4.01. The average molecular weight is 259 g/mol. The molecule has 2 N–H and O–H groups in total. The quantitative estimate of drug-likeness (QED) is 0.860. The number of piperidine rings is 1. The van der Waals surface area contributed by atoms with E-state index in [1.165, 1.54) is 0 Å². The van der Waals surface area contributed by atoms with E-state index >= 15 is 0 Å². The zero-order chi connectivity index (χ0) is 13.1. The van der Waals surface area contributed by atoms with Gasteiger partial charge in [0.25, 0.3) is 0 Å². The van der Waals surface area contributed by atoms with Gasteiger partial charge in [-0.15, -0.1) is 0 Å². The van der Waals surface area contributed by atoms with Crippen molar-refractivity contribution in [2.75, 3.05) is 31.5 Å². The van der Waals surface area contributed by atoms with E-state index in [1.807, 2.05) is 23.1 Å². The first-order valence-electron chi connectivity index (χ1n) is 7.14. The number of anilines is 1. The van der Waals surface area contributed by atoms with Gasteiger partial charge in [0, 0.05) is 37.9 Å². The van der Waals surface area contributed by atoms with E-state index in [-0.39, 0.29) is 5.92 Å². The minimum absolute atomic E-state index is 0.218. The molecule has 2 aliphatic rings. The highest BCUT2D eigenvalue weighted by Gasteiger charge is 2.31. The van der Waals surface area contributed by atoms with Crippen LogP contribution in [0.4, 0.5) is 5.69 Å². The van der Waals surface area contributed by atoms with Crippen LogP contribution in [0.15, 0.2) is 30.3 Å². The van der Waals surface area contributed by atoms with Crippen LogP contribution in [0.1, 0.15) is 12.8 Å². The van der Waals surface area contributed by atoms with Crippen molar-refractivity contribution < 1.29 is 4.79 Å². The Bertz CT molecular complexity index is 430. The molecule has 0 aromatic heterocycles. The fourth-order valence-electron chi connectivity index (χ4n) is 2.79. The van der Waals surface area contributed by atoms with Crippen LogP contribution in [0, 0.1) is 5.92 Å². The van der Waals surface area contributed by atoms with E-state index in [0.717, 1.165) is 44.7 Å². The van der Waals surface area contributed by atoms with Gasteiger partial charge in [-0.25, -0.2) is 0 Å². The fraction of sp³-hybridized carbons (Fsp3) is 0.533. The molecule has 1 unspecified atom stereocenters. The predicted octanol–water partition coefficient (Wildman–Crippen LogP) is 1.31. The van der Waals surface area contributed by atoms with Crippen molar-refractivity contribution in [2.24, 2.45) is 5.92 Å². The van der Waals surface area contributed by atoms with Gasteiger partial charge in [-0.2, -0.15) is 0 Å². The molecule has 4 nitrogen and oxygen atoms in total. The minimum atomic E-state index is 0.218. The second-order valence-corrected chi connectivity index (χ2v) is 5.49.